The van der Waals surface area contributed by atoms with E-state index in [0.29, 0.717) is 36.3 Å². The van der Waals surface area contributed by atoms with Crippen molar-refractivity contribution in [1.29, 1.82) is 0 Å². The first kappa shape index (κ1) is 14.4. The molecule has 1 amide bonds. The molecular weight excluding hydrogens is 296 g/mol. The predicted octanol–water partition coefficient (Wildman–Crippen LogP) is 1.98. The van der Waals surface area contributed by atoms with Gasteiger partial charge in [0.15, 0.2) is 5.82 Å². The molecule has 0 radical (unpaired) electrons. The Bertz CT molecular complexity index is 718. The second kappa shape index (κ2) is 5.49. The van der Waals surface area contributed by atoms with Crippen LogP contribution in [-0.4, -0.2) is 52.5 Å². The third kappa shape index (κ3) is 2.65. The zero-order valence-electron chi connectivity index (χ0n) is 13.4. The molecule has 1 aliphatic heterocycles. The van der Waals surface area contributed by atoms with E-state index in [2.05, 4.69) is 15.0 Å². The summed E-state index contributed by atoms with van der Waals surface area (Å²) < 4.78 is 10.8. The Morgan fingerprint density at radius 3 is 2.87 bits per heavy atom. The van der Waals surface area contributed by atoms with Crippen LogP contribution < -0.4 is 0 Å². The molecule has 1 aliphatic carbocycles. The van der Waals surface area contributed by atoms with Crippen molar-refractivity contribution in [2.45, 2.75) is 31.7 Å². The van der Waals surface area contributed by atoms with Gasteiger partial charge >= 0.3 is 0 Å². The number of aromatic nitrogens is 2. The van der Waals surface area contributed by atoms with Crippen LogP contribution in [0, 0.1) is 6.92 Å². The number of furan rings is 1. The summed E-state index contributed by atoms with van der Waals surface area (Å²) in [5.41, 5.74) is 0.706. The van der Waals surface area contributed by atoms with Gasteiger partial charge in [0.25, 0.3) is 5.91 Å². The van der Waals surface area contributed by atoms with Crippen LogP contribution >= 0.6 is 0 Å². The molecule has 3 heterocycles. The van der Waals surface area contributed by atoms with Crippen molar-refractivity contribution in [2.24, 2.45) is 0 Å². The minimum absolute atomic E-state index is 0.0370. The van der Waals surface area contributed by atoms with Gasteiger partial charge in [-0.25, -0.2) is 0 Å². The normalized spacial score (nSPS) is 22.5. The Labute approximate surface area is 134 Å². The SMILES string of the molecule is Cc1noc(C2CN(C(=O)c3ccoc3C3CC3)CCN2C)n1. The summed E-state index contributed by atoms with van der Waals surface area (Å²) >= 11 is 0. The molecule has 0 N–H and O–H groups in total. The number of amides is 1. The van der Waals surface area contributed by atoms with Gasteiger partial charge in [-0.3, -0.25) is 9.69 Å². The lowest BCUT2D eigenvalue weighted by atomic mass is 10.1. The van der Waals surface area contributed by atoms with Gasteiger partial charge in [-0.1, -0.05) is 5.16 Å². The second-order valence-electron chi connectivity index (χ2n) is 6.40. The summed E-state index contributed by atoms with van der Waals surface area (Å²) in [6.07, 6.45) is 3.84. The molecule has 7 nitrogen and oxygen atoms in total. The molecule has 1 unspecified atom stereocenters. The fourth-order valence-corrected chi connectivity index (χ4v) is 3.10. The summed E-state index contributed by atoms with van der Waals surface area (Å²) in [5, 5.41) is 3.86. The first-order chi connectivity index (χ1) is 11.1. The summed E-state index contributed by atoms with van der Waals surface area (Å²) in [5.74, 6) is 2.49. The number of carbonyl (C=O) groups is 1. The van der Waals surface area contributed by atoms with Crippen LogP contribution in [0.2, 0.25) is 0 Å². The Kier molecular flexibility index (Phi) is 3.45. The maximum absolute atomic E-state index is 12.9. The van der Waals surface area contributed by atoms with Crippen molar-refractivity contribution in [3.63, 3.8) is 0 Å². The van der Waals surface area contributed by atoms with E-state index in [4.69, 9.17) is 8.94 Å². The van der Waals surface area contributed by atoms with Crippen LogP contribution in [0.1, 0.15) is 52.6 Å². The molecule has 2 aromatic rings. The van der Waals surface area contributed by atoms with E-state index in [1.165, 1.54) is 0 Å². The maximum Gasteiger partial charge on any atom is 0.257 e. The minimum Gasteiger partial charge on any atom is -0.468 e. The van der Waals surface area contributed by atoms with Gasteiger partial charge in [-0.15, -0.1) is 0 Å². The number of aryl methyl sites for hydroxylation is 1. The van der Waals surface area contributed by atoms with Crippen molar-refractivity contribution in [1.82, 2.24) is 19.9 Å². The van der Waals surface area contributed by atoms with E-state index in [-0.39, 0.29) is 11.9 Å². The lowest BCUT2D eigenvalue weighted by Crippen LogP contribution is -2.49. The Morgan fingerprint density at radius 1 is 1.35 bits per heavy atom. The van der Waals surface area contributed by atoms with E-state index >= 15 is 0 Å². The van der Waals surface area contributed by atoms with Gasteiger partial charge in [0.2, 0.25) is 5.89 Å². The lowest BCUT2D eigenvalue weighted by Gasteiger charge is -2.37. The summed E-state index contributed by atoms with van der Waals surface area (Å²) in [4.78, 5) is 21.2. The molecule has 122 valence electrons. The van der Waals surface area contributed by atoms with E-state index < -0.39 is 0 Å². The van der Waals surface area contributed by atoms with Crippen molar-refractivity contribution in [3.8, 4) is 0 Å². The molecular formula is C16H20N4O3. The van der Waals surface area contributed by atoms with Crippen molar-refractivity contribution in [3.05, 3.63) is 35.4 Å². The zero-order chi connectivity index (χ0) is 16.0. The van der Waals surface area contributed by atoms with Crippen molar-refractivity contribution < 1.29 is 13.7 Å². The molecule has 1 atom stereocenters. The van der Waals surface area contributed by atoms with Crippen LogP contribution in [0.25, 0.3) is 0 Å². The third-order valence-corrected chi connectivity index (χ3v) is 4.64. The number of likely N-dealkylation sites (N-methyl/N-ethyl adjacent to an activating group) is 1. The van der Waals surface area contributed by atoms with E-state index in [1.807, 2.05) is 11.9 Å². The van der Waals surface area contributed by atoms with Crippen LogP contribution in [-0.2, 0) is 0 Å². The molecule has 1 saturated heterocycles. The Hall–Kier alpha value is -2.15. The molecule has 23 heavy (non-hydrogen) atoms. The highest BCUT2D eigenvalue weighted by Gasteiger charge is 2.36. The maximum atomic E-state index is 12.9. The van der Waals surface area contributed by atoms with Gasteiger partial charge in [0.05, 0.1) is 11.8 Å². The predicted molar refractivity (Wildman–Crippen MR) is 81.0 cm³/mol. The van der Waals surface area contributed by atoms with Gasteiger partial charge in [0, 0.05) is 25.6 Å². The smallest absolute Gasteiger partial charge is 0.257 e. The van der Waals surface area contributed by atoms with Crippen LogP contribution in [0.3, 0.4) is 0 Å². The zero-order valence-corrected chi connectivity index (χ0v) is 13.4. The molecule has 1 saturated carbocycles. The van der Waals surface area contributed by atoms with Gasteiger partial charge < -0.3 is 13.8 Å². The summed E-state index contributed by atoms with van der Waals surface area (Å²) in [7, 11) is 2.01. The van der Waals surface area contributed by atoms with E-state index in [1.54, 1.807) is 19.3 Å². The third-order valence-electron chi connectivity index (χ3n) is 4.64. The summed E-state index contributed by atoms with van der Waals surface area (Å²) in [6.45, 7) is 3.81. The number of hydrogen-bond acceptors (Lipinski definition) is 6. The molecule has 0 spiro atoms. The number of piperazine rings is 1. The average Bonchev–Trinajstić information content (AvgIpc) is 3.11. The van der Waals surface area contributed by atoms with E-state index in [9.17, 15) is 4.79 Å². The van der Waals surface area contributed by atoms with Crippen LogP contribution in [0.5, 0.6) is 0 Å². The van der Waals surface area contributed by atoms with Crippen LogP contribution in [0.15, 0.2) is 21.3 Å². The quantitative estimate of drug-likeness (QED) is 0.862. The second-order valence-corrected chi connectivity index (χ2v) is 6.40. The van der Waals surface area contributed by atoms with Crippen LogP contribution in [0.4, 0.5) is 0 Å². The minimum atomic E-state index is -0.0647. The highest BCUT2D eigenvalue weighted by Crippen LogP contribution is 2.42. The highest BCUT2D eigenvalue weighted by molar-refractivity contribution is 5.95. The molecule has 0 bridgehead atoms. The largest absolute Gasteiger partial charge is 0.468 e. The molecule has 4 rings (SSSR count). The Balaban J connectivity index is 1.54. The number of nitrogens with zero attached hydrogens (tertiary/aromatic N) is 4. The fraction of sp³-hybridized carbons (Fsp3) is 0.562. The average molecular weight is 316 g/mol. The molecule has 0 aromatic carbocycles. The first-order valence-corrected chi connectivity index (χ1v) is 8.00. The number of carbonyl (C=O) groups excluding carboxylic acids is 1. The summed E-state index contributed by atoms with van der Waals surface area (Å²) in [6, 6.07) is 1.73. The van der Waals surface area contributed by atoms with Crippen molar-refractivity contribution >= 4 is 5.91 Å². The van der Waals surface area contributed by atoms with E-state index in [0.717, 1.165) is 25.1 Å². The lowest BCUT2D eigenvalue weighted by molar-refractivity contribution is 0.0487. The van der Waals surface area contributed by atoms with Gasteiger partial charge in [-0.2, -0.15) is 4.98 Å². The monoisotopic (exact) mass is 316 g/mol. The van der Waals surface area contributed by atoms with Gasteiger partial charge in [0.1, 0.15) is 11.8 Å². The molecule has 7 heteroatoms. The molecule has 2 aromatic heterocycles. The first-order valence-electron chi connectivity index (χ1n) is 8.00. The molecule has 2 fully saturated rings. The number of rotatable bonds is 3. The Morgan fingerprint density at radius 2 is 2.17 bits per heavy atom. The topological polar surface area (TPSA) is 75.6 Å². The standard InChI is InChI=1S/C16H20N4O3/c1-10-17-15(23-18-10)13-9-20(7-6-19(13)2)16(21)12-5-8-22-14(12)11-3-4-11/h5,8,11,13H,3-4,6-7,9H2,1-2H3. The number of hydrogen-bond donors (Lipinski definition) is 0. The fourth-order valence-electron chi connectivity index (χ4n) is 3.10. The van der Waals surface area contributed by atoms with Gasteiger partial charge in [-0.05, 0) is 32.9 Å². The highest BCUT2D eigenvalue weighted by atomic mass is 16.5. The van der Waals surface area contributed by atoms with Crippen molar-refractivity contribution in [2.75, 3.05) is 26.7 Å². The molecule has 2 aliphatic rings.